The maximum Gasteiger partial charge on any atom is 0.306 e. The maximum absolute atomic E-state index is 11.3. The van der Waals surface area contributed by atoms with Gasteiger partial charge in [0, 0.05) is 0 Å². The van der Waals surface area contributed by atoms with Crippen LogP contribution in [0.4, 0.5) is 0 Å². The van der Waals surface area contributed by atoms with Gasteiger partial charge in [0.2, 0.25) is 0 Å². The molecule has 0 saturated heterocycles. The predicted octanol–water partition coefficient (Wildman–Crippen LogP) is 6.13. The van der Waals surface area contributed by atoms with Gasteiger partial charge in [0.25, 0.3) is 0 Å². The molecule has 0 radical (unpaired) electrons. The zero-order valence-electron chi connectivity index (χ0n) is 14.5. The molecule has 0 aliphatic heterocycles. The summed E-state index contributed by atoms with van der Waals surface area (Å²) in [6.45, 7) is 8.53. The van der Waals surface area contributed by atoms with E-state index in [1.54, 1.807) is 0 Å². The van der Waals surface area contributed by atoms with Gasteiger partial charge < -0.3 is 5.11 Å². The third-order valence-corrected chi connectivity index (χ3v) is 3.85. The lowest BCUT2D eigenvalue weighted by molar-refractivity contribution is -0.141. The van der Waals surface area contributed by atoms with Gasteiger partial charge in [0.15, 0.2) is 0 Å². The minimum absolute atomic E-state index is 0.204. The van der Waals surface area contributed by atoms with Crippen molar-refractivity contribution in [3.63, 3.8) is 0 Å². The number of aliphatic carboxylic acids is 1. The van der Waals surface area contributed by atoms with Crippen LogP contribution in [0.25, 0.3) is 0 Å². The fourth-order valence-electron chi connectivity index (χ4n) is 2.37. The van der Waals surface area contributed by atoms with E-state index in [2.05, 4.69) is 39.8 Å². The Morgan fingerprint density at radius 1 is 1.05 bits per heavy atom. The second kappa shape index (κ2) is 12.7. The van der Waals surface area contributed by atoms with E-state index < -0.39 is 5.97 Å². The number of unbranched alkanes of at least 4 members (excludes halogenated alkanes) is 4. The number of hydrogen-bond donors (Lipinski definition) is 1. The van der Waals surface area contributed by atoms with Gasteiger partial charge in [0.1, 0.15) is 0 Å². The standard InChI is InChI=1S/C19H34O2/c1-5-6-7-8-9-13-18(19(20)21)15-14-17(4)12-10-11-16(2)3/h11,14,18H,5-10,12-13,15H2,1-4H3,(H,20,21)/b17-14+. The molecule has 2 nitrogen and oxygen atoms in total. The van der Waals surface area contributed by atoms with Gasteiger partial charge in [-0.3, -0.25) is 4.79 Å². The first kappa shape index (κ1) is 19.9. The Morgan fingerprint density at radius 2 is 1.71 bits per heavy atom. The number of carboxylic acids is 1. The second-order valence-electron chi connectivity index (χ2n) is 6.34. The minimum Gasteiger partial charge on any atom is -0.481 e. The topological polar surface area (TPSA) is 37.3 Å². The molecule has 1 unspecified atom stereocenters. The fraction of sp³-hybridized carbons (Fsp3) is 0.737. The van der Waals surface area contributed by atoms with Crippen molar-refractivity contribution in [2.75, 3.05) is 0 Å². The van der Waals surface area contributed by atoms with Crippen LogP contribution in [0.2, 0.25) is 0 Å². The van der Waals surface area contributed by atoms with Crippen molar-refractivity contribution in [1.29, 1.82) is 0 Å². The van der Waals surface area contributed by atoms with Gasteiger partial charge in [-0.25, -0.2) is 0 Å². The zero-order valence-corrected chi connectivity index (χ0v) is 14.5. The van der Waals surface area contributed by atoms with Crippen molar-refractivity contribution in [2.24, 2.45) is 5.92 Å². The third-order valence-electron chi connectivity index (χ3n) is 3.85. The normalized spacial score (nSPS) is 13.0. The SMILES string of the molecule is CCCCCCCC(C/C=C(\C)CCC=C(C)C)C(=O)O. The summed E-state index contributed by atoms with van der Waals surface area (Å²) in [7, 11) is 0. The lowest BCUT2D eigenvalue weighted by atomic mass is 9.95. The van der Waals surface area contributed by atoms with Gasteiger partial charge in [-0.1, -0.05) is 62.3 Å². The summed E-state index contributed by atoms with van der Waals surface area (Å²) < 4.78 is 0. The Morgan fingerprint density at radius 3 is 2.29 bits per heavy atom. The van der Waals surface area contributed by atoms with Crippen LogP contribution in [0.5, 0.6) is 0 Å². The summed E-state index contributed by atoms with van der Waals surface area (Å²) >= 11 is 0. The van der Waals surface area contributed by atoms with E-state index in [9.17, 15) is 9.90 Å². The zero-order chi connectivity index (χ0) is 16.1. The Labute approximate surface area is 131 Å². The van der Waals surface area contributed by atoms with Crippen LogP contribution in [0.3, 0.4) is 0 Å². The molecule has 0 saturated carbocycles. The molecule has 1 N–H and O–H groups in total. The first-order valence-electron chi connectivity index (χ1n) is 8.49. The van der Waals surface area contributed by atoms with E-state index in [0.29, 0.717) is 6.42 Å². The smallest absolute Gasteiger partial charge is 0.306 e. The Balaban J connectivity index is 4.07. The van der Waals surface area contributed by atoms with E-state index in [4.69, 9.17) is 0 Å². The molecular weight excluding hydrogens is 260 g/mol. The number of carbonyl (C=O) groups is 1. The molecule has 122 valence electrons. The summed E-state index contributed by atoms with van der Waals surface area (Å²) in [4.78, 5) is 11.3. The summed E-state index contributed by atoms with van der Waals surface area (Å²) in [5.74, 6) is -0.844. The van der Waals surface area contributed by atoms with Crippen molar-refractivity contribution >= 4 is 5.97 Å². The fourth-order valence-corrected chi connectivity index (χ4v) is 2.37. The third kappa shape index (κ3) is 12.4. The van der Waals surface area contributed by atoms with Crippen LogP contribution >= 0.6 is 0 Å². The molecule has 0 fully saturated rings. The van der Waals surface area contributed by atoms with E-state index in [1.807, 2.05) is 0 Å². The van der Waals surface area contributed by atoms with Crippen molar-refractivity contribution in [3.8, 4) is 0 Å². The Hall–Kier alpha value is -1.05. The minimum atomic E-state index is -0.640. The van der Waals surface area contributed by atoms with Crippen LogP contribution in [-0.4, -0.2) is 11.1 Å². The van der Waals surface area contributed by atoms with E-state index >= 15 is 0 Å². The Bertz CT molecular complexity index is 335. The number of carboxylic acid groups (broad SMARTS) is 1. The molecule has 0 amide bonds. The first-order valence-corrected chi connectivity index (χ1v) is 8.49. The highest BCUT2D eigenvalue weighted by Gasteiger charge is 2.15. The van der Waals surface area contributed by atoms with Crippen LogP contribution in [0, 0.1) is 5.92 Å². The van der Waals surface area contributed by atoms with Crippen LogP contribution in [0.15, 0.2) is 23.3 Å². The molecule has 1 atom stereocenters. The van der Waals surface area contributed by atoms with Crippen LogP contribution < -0.4 is 0 Å². The molecule has 0 aromatic carbocycles. The molecule has 21 heavy (non-hydrogen) atoms. The summed E-state index contributed by atoms with van der Waals surface area (Å²) in [5.41, 5.74) is 2.66. The largest absolute Gasteiger partial charge is 0.481 e. The highest BCUT2D eigenvalue weighted by Crippen LogP contribution is 2.18. The van der Waals surface area contributed by atoms with Crippen molar-refractivity contribution < 1.29 is 9.90 Å². The number of hydrogen-bond acceptors (Lipinski definition) is 1. The van der Waals surface area contributed by atoms with Crippen LogP contribution in [0.1, 0.15) is 85.5 Å². The van der Waals surface area contributed by atoms with E-state index in [1.165, 1.54) is 36.8 Å². The predicted molar refractivity (Wildman–Crippen MR) is 91.5 cm³/mol. The van der Waals surface area contributed by atoms with Crippen molar-refractivity contribution in [1.82, 2.24) is 0 Å². The molecule has 0 heterocycles. The van der Waals surface area contributed by atoms with Crippen LogP contribution in [-0.2, 0) is 4.79 Å². The summed E-state index contributed by atoms with van der Waals surface area (Å²) in [6.07, 6.45) is 13.9. The molecule has 0 aromatic rings. The number of allylic oxidation sites excluding steroid dienone is 4. The van der Waals surface area contributed by atoms with Crippen molar-refractivity contribution in [3.05, 3.63) is 23.3 Å². The number of rotatable bonds is 12. The van der Waals surface area contributed by atoms with Gasteiger partial charge >= 0.3 is 5.97 Å². The monoisotopic (exact) mass is 294 g/mol. The molecule has 0 aliphatic rings. The molecule has 2 heteroatoms. The first-order chi connectivity index (χ1) is 9.97. The molecule has 0 aromatic heterocycles. The molecule has 0 rings (SSSR count). The average Bonchev–Trinajstić information content (AvgIpc) is 2.41. The molecule has 0 bridgehead atoms. The van der Waals surface area contributed by atoms with Gasteiger partial charge in [0.05, 0.1) is 5.92 Å². The lowest BCUT2D eigenvalue weighted by Crippen LogP contribution is -2.12. The Kier molecular flexibility index (Phi) is 12.0. The molecule has 0 aliphatic carbocycles. The highest BCUT2D eigenvalue weighted by atomic mass is 16.4. The summed E-state index contributed by atoms with van der Waals surface area (Å²) in [6, 6.07) is 0. The van der Waals surface area contributed by atoms with Gasteiger partial charge in [-0.15, -0.1) is 0 Å². The lowest BCUT2D eigenvalue weighted by Gasteiger charge is -2.10. The molecular formula is C19H34O2. The van der Waals surface area contributed by atoms with E-state index in [0.717, 1.165) is 25.7 Å². The van der Waals surface area contributed by atoms with Gasteiger partial charge in [-0.05, 0) is 46.5 Å². The quantitative estimate of drug-likeness (QED) is 0.347. The molecule has 0 spiro atoms. The van der Waals surface area contributed by atoms with Crippen molar-refractivity contribution in [2.45, 2.75) is 85.5 Å². The van der Waals surface area contributed by atoms with E-state index in [-0.39, 0.29) is 5.92 Å². The summed E-state index contributed by atoms with van der Waals surface area (Å²) in [5, 5.41) is 9.30. The maximum atomic E-state index is 11.3. The highest BCUT2D eigenvalue weighted by molar-refractivity contribution is 5.70. The average molecular weight is 294 g/mol. The second-order valence-corrected chi connectivity index (χ2v) is 6.34. The van der Waals surface area contributed by atoms with Gasteiger partial charge in [-0.2, -0.15) is 0 Å².